The maximum atomic E-state index is 12.9. The number of carbonyl (C=O) groups is 1. The predicted octanol–water partition coefficient (Wildman–Crippen LogP) is 4.49. The molecule has 9 heteroatoms. The number of carbonyl (C=O) groups excluding carboxylic acids is 1. The summed E-state index contributed by atoms with van der Waals surface area (Å²) in [7, 11) is 0. The van der Waals surface area contributed by atoms with Gasteiger partial charge in [-0.2, -0.15) is 0 Å². The number of aryl methyl sites for hydroxylation is 1. The van der Waals surface area contributed by atoms with Crippen molar-refractivity contribution in [3.63, 3.8) is 0 Å². The predicted molar refractivity (Wildman–Crippen MR) is 97.6 cm³/mol. The number of anilines is 3. The van der Waals surface area contributed by atoms with Crippen LogP contribution in [0.2, 0.25) is 0 Å². The Hall–Kier alpha value is -3.33. The van der Waals surface area contributed by atoms with E-state index in [-0.39, 0.29) is 11.5 Å². The summed E-state index contributed by atoms with van der Waals surface area (Å²) in [5, 5.41) is 16.9. The van der Waals surface area contributed by atoms with Crippen molar-refractivity contribution >= 4 is 39.4 Å². The molecule has 0 radical (unpaired) electrons. The first-order valence-corrected chi connectivity index (χ1v) is 8.30. The summed E-state index contributed by atoms with van der Waals surface area (Å²) in [4.78, 5) is 27.4. The number of thiazole rings is 1. The molecule has 0 saturated carbocycles. The zero-order valence-electron chi connectivity index (χ0n) is 13.5. The second kappa shape index (κ2) is 7.28. The molecule has 0 aliphatic carbocycles. The zero-order chi connectivity index (χ0) is 18.7. The van der Waals surface area contributed by atoms with Crippen LogP contribution in [-0.2, 0) is 0 Å². The van der Waals surface area contributed by atoms with Gasteiger partial charge in [0, 0.05) is 23.5 Å². The van der Waals surface area contributed by atoms with Crippen molar-refractivity contribution < 1.29 is 14.1 Å². The minimum Gasteiger partial charge on any atom is -0.332 e. The van der Waals surface area contributed by atoms with E-state index in [2.05, 4.69) is 15.6 Å². The maximum Gasteiger partial charge on any atom is 0.271 e. The highest BCUT2D eigenvalue weighted by Gasteiger charge is 2.16. The lowest BCUT2D eigenvalue weighted by Crippen LogP contribution is -2.11. The van der Waals surface area contributed by atoms with E-state index in [4.69, 9.17) is 0 Å². The van der Waals surface area contributed by atoms with Crippen LogP contribution < -0.4 is 10.6 Å². The van der Waals surface area contributed by atoms with E-state index in [0.29, 0.717) is 27.1 Å². The van der Waals surface area contributed by atoms with Crippen LogP contribution in [0.3, 0.4) is 0 Å². The van der Waals surface area contributed by atoms with Crippen LogP contribution in [0.25, 0.3) is 0 Å². The fraction of sp³-hybridized carbons (Fsp3) is 0.0588. The highest BCUT2D eigenvalue weighted by atomic mass is 32.1. The number of rotatable bonds is 5. The van der Waals surface area contributed by atoms with E-state index >= 15 is 0 Å². The molecule has 1 heterocycles. The van der Waals surface area contributed by atoms with Crippen LogP contribution >= 0.6 is 11.3 Å². The normalized spacial score (nSPS) is 10.4. The van der Waals surface area contributed by atoms with E-state index in [1.807, 2.05) is 0 Å². The highest BCUT2D eigenvalue weighted by molar-refractivity contribution is 7.17. The van der Waals surface area contributed by atoms with Gasteiger partial charge in [0.05, 0.1) is 10.6 Å². The van der Waals surface area contributed by atoms with Gasteiger partial charge in [0.15, 0.2) is 5.13 Å². The largest absolute Gasteiger partial charge is 0.332 e. The Labute approximate surface area is 151 Å². The summed E-state index contributed by atoms with van der Waals surface area (Å²) in [6.07, 6.45) is 0. The second-order valence-electron chi connectivity index (χ2n) is 5.33. The summed E-state index contributed by atoms with van der Waals surface area (Å²) in [6.45, 7) is 1.69. The molecule has 26 heavy (non-hydrogen) atoms. The molecule has 3 rings (SSSR count). The lowest BCUT2D eigenvalue weighted by molar-refractivity contribution is -0.384. The van der Waals surface area contributed by atoms with Gasteiger partial charge in [-0.15, -0.1) is 0 Å². The Morgan fingerprint density at radius 2 is 1.92 bits per heavy atom. The van der Waals surface area contributed by atoms with Crippen LogP contribution in [0.15, 0.2) is 48.5 Å². The lowest BCUT2D eigenvalue weighted by atomic mass is 10.2. The van der Waals surface area contributed by atoms with Crippen molar-refractivity contribution in [2.24, 2.45) is 0 Å². The molecule has 0 fully saturated rings. The average Bonchev–Trinajstić information content (AvgIpc) is 2.97. The first kappa shape index (κ1) is 17.5. The molecular formula is C17H13FN4O3S. The van der Waals surface area contributed by atoms with Crippen molar-refractivity contribution in [1.29, 1.82) is 0 Å². The Balaban J connectivity index is 1.75. The van der Waals surface area contributed by atoms with Gasteiger partial charge in [0.1, 0.15) is 10.7 Å². The Bertz CT molecular complexity index is 972. The van der Waals surface area contributed by atoms with E-state index in [1.54, 1.807) is 25.1 Å². The van der Waals surface area contributed by atoms with Crippen LogP contribution in [-0.4, -0.2) is 15.8 Å². The van der Waals surface area contributed by atoms with Crippen LogP contribution in [0.4, 0.5) is 26.6 Å². The number of halogens is 1. The third kappa shape index (κ3) is 4.01. The van der Waals surface area contributed by atoms with Gasteiger partial charge in [0.25, 0.3) is 11.6 Å². The van der Waals surface area contributed by atoms with Crippen molar-refractivity contribution in [3.8, 4) is 0 Å². The molecule has 2 aromatic carbocycles. The van der Waals surface area contributed by atoms with E-state index in [1.165, 1.54) is 30.3 Å². The van der Waals surface area contributed by atoms with Crippen LogP contribution in [0.1, 0.15) is 15.4 Å². The number of benzene rings is 2. The van der Waals surface area contributed by atoms with Crippen molar-refractivity contribution in [2.75, 3.05) is 10.6 Å². The van der Waals surface area contributed by atoms with Crippen molar-refractivity contribution in [3.05, 3.63) is 75.0 Å². The van der Waals surface area contributed by atoms with Crippen LogP contribution in [0, 0.1) is 22.9 Å². The van der Waals surface area contributed by atoms with Gasteiger partial charge in [-0.3, -0.25) is 14.9 Å². The topological polar surface area (TPSA) is 97.2 Å². The summed E-state index contributed by atoms with van der Waals surface area (Å²) in [5.41, 5.74) is 1.38. The SMILES string of the molecule is Cc1nc(Nc2ccc(F)cc2)sc1C(=O)Nc1cccc([N+](=O)[O-])c1. The molecule has 0 atom stereocenters. The smallest absolute Gasteiger partial charge is 0.271 e. The number of nitrogens with one attached hydrogen (secondary N) is 2. The van der Waals surface area contributed by atoms with E-state index in [0.717, 1.165) is 11.3 Å². The number of nitrogens with zero attached hydrogens (tertiary/aromatic N) is 2. The maximum absolute atomic E-state index is 12.9. The average molecular weight is 372 g/mol. The fourth-order valence-electron chi connectivity index (χ4n) is 2.20. The van der Waals surface area contributed by atoms with E-state index in [9.17, 15) is 19.3 Å². The number of hydrogen-bond acceptors (Lipinski definition) is 6. The summed E-state index contributed by atoms with van der Waals surface area (Å²) in [6, 6.07) is 11.5. The number of non-ortho nitro benzene ring substituents is 1. The molecule has 0 aliphatic heterocycles. The third-order valence-corrected chi connectivity index (χ3v) is 4.48. The molecule has 132 valence electrons. The molecular weight excluding hydrogens is 359 g/mol. The van der Waals surface area contributed by atoms with Crippen LogP contribution in [0.5, 0.6) is 0 Å². The standard InChI is InChI=1S/C17H13FN4O3S/c1-10-15(16(23)20-13-3-2-4-14(9-13)22(24)25)26-17(19-10)21-12-7-5-11(18)6-8-12/h2-9H,1H3,(H,19,21)(H,20,23). The number of nitro benzene ring substituents is 1. The molecule has 1 amide bonds. The molecule has 1 aromatic heterocycles. The highest BCUT2D eigenvalue weighted by Crippen LogP contribution is 2.27. The summed E-state index contributed by atoms with van der Waals surface area (Å²) in [5.74, 6) is -0.754. The molecule has 0 unspecified atom stereocenters. The van der Waals surface area contributed by atoms with Gasteiger partial charge >= 0.3 is 0 Å². The van der Waals surface area contributed by atoms with Gasteiger partial charge in [-0.25, -0.2) is 9.37 Å². The molecule has 7 nitrogen and oxygen atoms in total. The minimum atomic E-state index is -0.529. The summed E-state index contributed by atoms with van der Waals surface area (Å²) >= 11 is 1.13. The Morgan fingerprint density at radius 3 is 2.62 bits per heavy atom. The Morgan fingerprint density at radius 1 is 1.19 bits per heavy atom. The van der Waals surface area contributed by atoms with Gasteiger partial charge in [-0.1, -0.05) is 17.4 Å². The first-order chi connectivity index (χ1) is 12.4. The van der Waals surface area contributed by atoms with Gasteiger partial charge < -0.3 is 10.6 Å². The molecule has 0 aliphatic rings. The van der Waals surface area contributed by atoms with Gasteiger partial charge in [0.2, 0.25) is 0 Å². The molecule has 0 spiro atoms. The molecule has 2 N–H and O–H groups in total. The summed E-state index contributed by atoms with van der Waals surface area (Å²) < 4.78 is 12.9. The van der Waals surface area contributed by atoms with Crippen molar-refractivity contribution in [1.82, 2.24) is 4.98 Å². The monoisotopic (exact) mass is 372 g/mol. The third-order valence-electron chi connectivity index (χ3n) is 3.41. The Kier molecular flexibility index (Phi) is 4.90. The van der Waals surface area contributed by atoms with E-state index < -0.39 is 10.8 Å². The minimum absolute atomic E-state index is 0.109. The lowest BCUT2D eigenvalue weighted by Gasteiger charge is -2.03. The first-order valence-electron chi connectivity index (χ1n) is 7.48. The van der Waals surface area contributed by atoms with Crippen molar-refractivity contribution in [2.45, 2.75) is 6.92 Å². The second-order valence-corrected chi connectivity index (χ2v) is 6.33. The molecule has 3 aromatic rings. The molecule has 0 bridgehead atoms. The number of aromatic nitrogens is 1. The molecule has 0 saturated heterocycles. The fourth-order valence-corrected chi connectivity index (χ4v) is 3.08. The number of nitro groups is 1. The number of amides is 1. The zero-order valence-corrected chi connectivity index (χ0v) is 14.3. The van der Waals surface area contributed by atoms with Gasteiger partial charge in [-0.05, 0) is 37.3 Å². The number of hydrogen-bond donors (Lipinski definition) is 2. The quantitative estimate of drug-likeness (QED) is 0.508.